The van der Waals surface area contributed by atoms with Crippen LogP contribution in [0.5, 0.6) is 0 Å². The maximum Gasteiger partial charge on any atom is 0.233 e. The van der Waals surface area contributed by atoms with Gasteiger partial charge in [-0.1, -0.05) is 12.2 Å². The minimum atomic E-state index is 0.408. The molecule has 0 spiro atoms. The van der Waals surface area contributed by atoms with E-state index in [0.29, 0.717) is 30.9 Å². The van der Waals surface area contributed by atoms with Crippen molar-refractivity contribution in [1.29, 1.82) is 0 Å². The van der Waals surface area contributed by atoms with E-state index in [2.05, 4.69) is 59.5 Å². The fraction of sp³-hybridized carbons (Fsp3) is 0.133. The first-order valence-electron chi connectivity index (χ1n) is 7.31. The molecule has 0 radical (unpaired) electrons. The fourth-order valence-electron chi connectivity index (χ4n) is 1.96. The summed E-state index contributed by atoms with van der Waals surface area (Å²) in [6.07, 6.45) is 3.46. The largest absolute Gasteiger partial charge is 0.351 e. The maximum atomic E-state index is 4.34. The first kappa shape index (κ1) is 15.4. The molecule has 0 saturated heterocycles. The summed E-state index contributed by atoms with van der Waals surface area (Å²) in [5.41, 5.74) is 2.34. The van der Waals surface area contributed by atoms with Gasteiger partial charge in [0, 0.05) is 18.8 Å². The Balaban J connectivity index is 1.86. The summed E-state index contributed by atoms with van der Waals surface area (Å²) in [4.78, 5) is 13.0. The van der Waals surface area contributed by atoms with Gasteiger partial charge in [-0.15, -0.1) is 13.2 Å². The molecule has 0 aliphatic carbocycles. The third-order valence-corrected chi connectivity index (χ3v) is 3.02. The minimum Gasteiger partial charge on any atom is -0.351 e. The Labute approximate surface area is 138 Å². The molecular formula is C15H17N9. The molecule has 0 aliphatic rings. The van der Waals surface area contributed by atoms with Gasteiger partial charge in [-0.3, -0.25) is 0 Å². The summed E-state index contributed by atoms with van der Waals surface area (Å²) in [7, 11) is 0. The van der Waals surface area contributed by atoms with Gasteiger partial charge in [0.25, 0.3) is 0 Å². The molecule has 122 valence electrons. The number of benzene rings is 1. The quantitative estimate of drug-likeness (QED) is 0.466. The predicted octanol–water partition coefficient (Wildman–Crippen LogP) is 2.08. The number of rotatable bonds is 8. The van der Waals surface area contributed by atoms with Crippen molar-refractivity contribution < 1.29 is 0 Å². The zero-order valence-electron chi connectivity index (χ0n) is 13.0. The molecule has 0 saturated carbocycles. The van der Waals surface area contributed by atoms with Crippen molar-refractivity contribution >= 4 is 34.6 Å². The highest BCUT2D eigenvalue weighted by molar-refractivity contribution is 5.78. The molecular weight excluding hydrogens is 306 g/mol. The van der Waals surface area contributed by atoms with E-state index in [4.69, 9.17) is 0 Å². The average molecular weight is 323 g/mol. The molecule has 4 N–H and O–H groups in total. The Bertz CT molecular complexity index is 825. The van der Waals surface area contributed by atoms with Crippen LogP contribution in [0, 0.1) is 0 Å². The summed E-state index contributed by atoms with van der Waals surface area (Å²) in [6.45, 7) is 8.44. The standard InChI is InChI=1S/C15H17N9/c1-3-7-16-13-19-14(17-8-4-2)21-15(20-13)18-10-5-6-11-12(9-10)23-24-22-11/h3-6,9H,1-2,7-8H2,(H,22,23,24)(H3,16,17,18,19,20,21). The number of anilines is 4. The van der Waals surface area contributed by atoms with E-state index in [9.17, 15) is 0 Å². The second-order valence-corrected chi connectivity index (χ2v) is 4.80. The highest BCUT2D eigenvalue weighted by atomic mass is 15.3. The van der Waals surface area contributed by atoms with E-state index in [1.165, 1.54) is 0 Å². The number of nitrogens with zero attached hydrogens (tertiary/aromatic N) is 5. The van der Waals surface area contributed by atoms with Crippen LogP contribution in [0.3, 0.4) is 0 Å². The van der Waals surface area contributed by atoms with E-state index in [-0.39, 0.29) is 0 Å². The summed E-state index contributed by atoms with van der Waals surface area (Å²) in [5.74, 6) is 1.30. The molecule has 0 fully saturated rings. The lowest BCUT2D eigenvalue weighted by Gasteiger charge is -2.10. The van der Waals surface area contributed by atoms with Gasteiger partial charge in [0.1, 0.15) is 11.0 Å². The molecule has 0 unspecified atom stereocenters. The monoisotopic (exact) mass is 323 g/mol. The summed E-state index contributed by atoms with van der Waals surface area (Å²) >= 11 is 0. The molecule has 9 nitrogen and oxygen atoms in total. The Kier molecular flexibility index (Phi) is 4.61. The van der Waals surface area contributed by atoms with Crippen LogP contribution in [0.15, 0.2) is 43.5 Å². The smallest absolute Gasteiger partial charge is 0.233 e. The Hall–Kier alpha value is -3.49. The second kappa shape index (κ2) is 7.18. The molecule has 0 bridgehead atoms. The van der Waals surface area contributed by atoms with Gasteiger partial charge in [0.2, 0.25) is 17.8 Å². The summed E-state index contributed by atoms with van der Waals surface area (Å²) in [6, 6.07) is 5.59. The van der Waals surface area contributed by atoms with Crippen molar-refractivity contribution in [2.75, 3.05) is 29.0 Å². The van der Waals surface area contributed by atoms with E-state index >= 15 is 0 Å². The van der Waals surface area contributed by atoms with Crippen LogP contribution in [0.4, 0.5) is 23.5 Å². The number of fused-ring (bicyclic) bond motifs is 1. The maximum absolute atomic E-state index is 4.34. The molecule has 24 heavy (non-hydrogen) atoms. The van der Waals surface area contributed by atoms with Crippen LogP contribution in [0.2, 0.25) is 0 Å². The molecule has 3 aromatic rings. The molecule has 0 amide bonds. The normalized spacial score (nSPS) is 10.3. The lowest BCUT2D eigenvalue weighted by molar-refractivity contribution is 0.959. The molecule has 0 aliphatic heterocycles. The zero-order chi connectivity index (χ0) is 16.8. The number of aromatic amines is 1. The van der Waals surface area contributed by atoms with Crippen molar-refractivity contribution in [3.8, 4) is 0 Å². The van der Waals surface area contributed by atoms with E-state index in [1.807, 2.05) is 18.2 Å². The van der Waals surface area contributed by atoms with Gasteiger partial charge >= 0.3 is 0 Å². The van der Waals surface area contributed by atoms with Crippen molar-refractivity contribution in [2.24, 2.45) is 0 Å². The van der Waals surface area contributed by atoms with Crippen LogP contribution in [0.1, 0.15) is 0 Å². The molecule has 2 heterocycles. The lowest BCUT2D eigenvalue weighted by atomic mass is 10.3. The Morgan fingerprint density at radius 2 is 1.50 bits per heavy atom. The first-order chi connectivity index (χ1) is 11.8. The molecule has 3 rings (SSSR count). The van der Waals surface area contributed by atoms with E-state index < -0.39 is 0 Å². The first-order valence-corrected chi connectivity index (χ1v) is 7.31. The van der Waals surface area contributed by atoms with Crippen LogP contribution in [0.25, 0.3) is 11.0 Å². The van der Waals surface area contributed by atoms with E-state index in [0.717, 1.165) is 16.7 Å². The van der Waals surface area contributed by atoms with Gasteiger partial charge in [0.05, 0.1) is 0 Å². The zero-order valence-corrected chi connectivity index (χ0v) is 13.0. The molecule has 1 aromatic carbocycles. The average Bonchev–Trinajstić information content (AvgIpc) is 3.06. The van der Waals surface area contributed by atoms with Crippen molar-refractivity contribution in [3.05, 3.63) is 43.5 Å². The third-order valence-electron chi connectivity index (χ3n) is 3.02. The summed E-state index contributed by atoms with van der Waals surface area (Å²) < 4.78 is 0. The molecule has 9 heteroatoms. The van der Waals surface area contributed by atoms with Crippen LogP contribution in [-0.2, 0) is 0 Å². The number of H-pyrrole nitrogens is 1. The molecule has 0 atom stereocenters. The Morgan fingerprint density at radius 1 is 0.875 bits per heavy atom. The van der Waals surface area contributed by atoms with Gasteiger partial charge in [0.15, 0.2) is 0 Å². The van der Waals surface area contributed by atoms with Crippen molar-refractivity contribution in [3.63, 3.8) is 0 Å². The Morgan fingerprint density at radius 3 is 2.17 bits per heavy atom. The number of hydrogen-bond donors (Lipinski definition) is 4. The highest BCUT2D eigenvalue weighted by Gasteiger charge is 2.07. The topological polar surface area (TPSA) is 116 Å². The third kappa shape index (κ3) is 3.64. The lowest BCUT2D eigenvalue weighted by Crippen LogP contribution is -2.11. The van der Waals surface area contributed by atoms with Gasteiger partial charge < -0.3 is 16.0 Å². The minimum absolute atomic E-state index is 0.408. The number of nitrogens with one attached hydrogen (secondary N) is 4. The van der Waals surface area contributed by atoms with Crippen molar-refractivity contribution in [1.82, 2.24) is 30.4 Å². The summed E-state index contributed by atoms with van der Waals surface area (Å²) in [5, 5.41) is 19.9. The van der Waals surface area contributed by atoms with Crippen LogP contribution < -0.4 is 16.0 Å². The second-order valence-electron chi connectivity index (χ2n) is 4.80. The van der Waals surface area contributed by atoms with Gasteiger partial charge in [-0.05, 0) is 18.2 Å². The molecule has 2 aromatic heterocycles. The van der Waals surface area contributed by atoms with Crippen molar-refractivity contribution in [2.45, 2.75) is 0 Å². The van der Waals surface area contributed by atoms with E-state index in [1.54, 1.807) is 12.2 Å². The highest BCUT2D eigenvalue weighted by Crippen LogP contribution is 2.19. The van der Waals surface area contributed by atoms with Crippen LogP contribution >= 0.6 is 0 Å². The van der Waals surface area contributed by atoms with Crippen LogP contribution in [-0.4, -0.2) is 43.5 Å². The van der Waals surface area contributed by atoms with Gasteiger partial charge in [-0.25, -0.2) is 0 Å². The van der Waals surface area contributed by atoms with Gasteiger partial charge in [-0.2, -0.15) is 30.4 Å². The fourth-order valence-corrected chi connectivity index (χ4v) is 1.96. The SMILES string of the molecule is C=CCNc1nc(NCC=C)nc(Nc2ccc3n[nH]nc3c2)n1. The number of aromatic nitrogens is 6. The number of hydrogen-bond acceptors (Lipinski definition) is 8. The predicted molar refractivity (Wildman–Crippen MR) is 94.4 cm³/mol.